The molecule has 2 unspecified atom stereocenters. The van der Waals surface area contributed by atoms with E-state index >= 15 is 0 Å². The van der Waals surface area contributed by atoms with Gasteiger partial charge in [-0.2, -0.15) is 0 Å². The zero-order chi connectivity index (χ0) is 42.8. The van der Waals surface area contributed by atoms with Crippen molar-refractivity contribution < 1.29 is 38.2 Å². The Morgan fingerprint density at radius 1 is 0.517 bits per heavy atom. The van der Waals surface area contributed by atoms with Crippen LogP contribution in [0, 0.1) is 0 Å². The Hall–Kier alpha value is -2.19. The fraction of sp³-hybridized carbons (Fsp3) is 0.860. The van der Waals surface area contributed by atoms with E-state index in [1.165, 1.54) is 141 Å². The van der Waals surface area contributed by atoms with Crippen molar-refractivity contribution in [1.82, 2.24) is 0 Å². The third kappa shape index (κ3) is 39.3. The van der Waals surface area contributed by atoms with Gasteiger partial charge >= 0.3 is 11.9 Å². The van der Waals surface area contributed by atoms with E-state index in [2.05, 4.69) is 38.2 Å². The van der Waals surface area contributed by atoms with Crippen molar-refractivity contribution in [3.05, 3.63) is 24.3 Å². The SMILES string of the molecule is CCCCC/C=C\C/C=C\CCCCCCCCCC(=O)OC(COCCC(C(=O)[O-])[N+](C)(C)C)COC(=O)CCCCCCCCCCCCCCCCCCC. The van der Waals surface area contributed by atoms with Crippen LogP contribution in [0.4, 0.5) is 0 Å². The van der Waals surface area contributed by atoms with Crippen molar-refractivity contribution in [2.75, 3.05) is 41.0 Å². The van der Waals surface area contributed by atoms with Crippen LogP contribution < -0.4 is 5.11 Å². The van der Waals surface area contributed by atoms with Crippen LogP contribution in [0.5, 0.6) is 0 Å². The van der Waals surface area contributed by atoms with E-state index < -0.39 is 18.1 Å². The summed E-state index contributed by atoms with van der Waals surface area (Å²) in [5.74, 6) is -1.73. The molecule has 0 spiro atoms. The maximum absolute atomic E-state index is 12.7. The van der Waals surface area contributed by atoms with Crippen LogP contribution in [0.2, 0.25) is 0 Å². The second kappa shape index (κ2) is 41.5. The lowest BCUT2D eigenvalue weighted by atomic mass is 10.0. The average molecular weight is 820 g/mol. The summed E-state index contributed by atoms with van der Waals surface area (Å²) in [6, 6.07) is -0.724. The first-order chi connectivity index (χ1) is 28.1. The van der Waals surface area contributed by atoms with Crippen molar-refractivity contribution in [1.29, 1.82) is 0 Å². The molecule has 0 aliphatic heterocycles. The van der Waals surface area contributed by atoms with Crippen LogP contribution in [-0.4, -0.2) is 75.5 Å². The molecule has 0 aliphatic carbocycles. The number of ether oxygens (including phenoxy) is 3. The lowest BCUT2D eigenvalue weighted by molar-refractivity contribution is -0.889. The maximum atomic E-state index is 12.7. The molecule has 2 atom stereocenters. The summed E-state index contributed by atoms with van der Waals surface area (Å²) < 4.78 is 17.2. The summed E-state index contributed by atoms with van der Waals surface area (Å²) in [7, 11) is 5.42. The Morgan fingerprint density at radius 2 is 0.914 bits per heavy atom. The van der Waals surface area contributed by atoms with Crippen LogP contribution in [-0.2, 0) is 28.6 Å². The number of nitrogens with zero attached hydrogens (tertiary/aromatic N) is 1. The van der Waals surface area contributed by atoms with Gasteiger partial charge in [0.25, 0.3) is 0 Å². The van der Waals surface area contributed by atoms with E-state index in [0.717, 1.165) is 51.4 Å². The molecule has 0 bridgehead atoms. The van der Waals surface area contributed by atoms with E-state index in [1.807, 2.05) is 0 Å². The number of unbranched alkanes of at least 4 members (excludes halogenated alkanes) is 26. The highest BCUT2D eigenvalue weighted by Crippen LogP contribution is 2.16. The standard InChI is InChI=1S/C50H93NO7/c1-6-8-10-12-14-16-18-20-22-24-26-28-30-32-34-36-38-40-48(52)57-45-46(44-56-43-42-47(50(54)55)51(3,4)5)58-49(53)41-39-37-35-33-31-29-27-25-23-21-19-17-15-13-11-9-7-2/h15,17,21,23,46-47H,6-14,16,18-20,22,24-45H2,1-5H3/b17-15-,23-21-. The zero-order valence-electron chi connectivity index (χ0n) is 38.7. The number of hydrogen-bond acceptors (Lipinski definition) is 7. The summed E-state index contributed by atoms with van der Waals surface area (Å²) in [5.41, 5.74) is 0. The normalized spacial score (nSPS) is 13.1. The number of quaternary nitrogens is 1. The van der Waals surface area contributed by atoms with Crippen LogP contribution in [0.1, 0.15) is 226 Å². The van der Waals surface area contributed by atoms with Gasteiger partial charge in [0.1, 0.15) is 12.6 Å². The summed E-state index contributed by atoms with van der Waals surface area (Å²) >= 11 is 0. The Balaban J connectivity index is 4.27. The van der Waals surface area contributed by atoms with Crippen molar-refractivity contribution in [3.63, 3.8) is 0 Å². The smallest absolute Gasteiger partial charge is 0.306 e. The molecule has 8 heteroatoms. The number of carboxylic acid groups (broad SMARTS) is 1. The first kappa shape index (κ1) is 55.8. The lowest BCUT2D eigenvalue weighted by Gasteiger charge is -2.34. The zero-order valence-corrected chi connectivity index (χ0v) is 38.7. The minimum Gasteiger partial charge on any atom is -0.544 e. The summed E-state index contributed by atoms with van der Waals surface area (Å²) in [4.78, 5) is 37.0. The number of hydrogen-bond donors (Lipinski definition) is 0. The minimum atomic E-state index is -1.12. The van der Waals surface area contributed by atoms with Gasteiger partial charge in [0.15, 0.2) is 6.10 Å². The maximum Gasteiger partial charge on any atom is 0.306 e. The van der Waals surface area contributed by atoms with Gasteiger partial charge in [-0.05, 0) is 44.9 Å². The highest BCUT2D eigenvalue weighted by Gasteiger charge is 2.25. The van der Waals surface area contributed by atoms with Crippen LogP contribution in [0.3, 0.4) is 0 Å². The molecule has 58 heavy (non-hydrogen) atoms. The van der Waals surface area contributed by atoms with E-state index in [4.69, 9.17) is 14.2 Å². The number of likely N-dealkylation sites (N-methyl/N-ethyl adjacent to an activating group) is 1. The molecule has 0 aromatic carbocycles. The van der Waals surface area contributed by atoms with Crippen molar-refractivity contribution in [3.8, 4) is 0 Å². The molecule has 0 aromatic heterocycles. The second-order valence-corrected chi connectivity index (χ2v) is 17.7. The predicted molar refractivity (Wildman–Crippen MR) is 240 cm³/mol. The molecule has 8 nitrogen and oxygen atoms in total. The van der Waals surface area contributed by atoms with Gasteiger partial charge < -0.3 is 28.6 Å². The van der Waals surface area contributed by atoms with Gasteiger partial charge in [0.2, 0.25) is 0 Å². The predicted octanol–water partition coefficient (Wildman–Crippen LogP) is 12.3. The van der Waals surface area contributed by atoms with Gasteiger partial charge in [-0.3, -0.25) is 9.59 Å². The Kier molecular flexibility index (Phi) is 40.0. The largest absolute Gasteiger partial charge is 0.544 e. The number of carbonyl (C=O) groups excluding carboxylic acids is 3. The molecule has 0 heterocycles. The van der Waals surface area contributed by atoms with Crippen molar-refractivity contribution >= 4 is 17.9 Å². The average Bonchev–Trinajstić information content (AvgIpc) is 3.18. The Morgan fingerprint density at radius 3 is 1.36 bits per heavy atom. The monoisotopic (exact) mass is 820 g/mol. The fourth-order valence-electron chi connectivity index (χ4n) is 7.28. The van der Waals surface area contributed by atoms with Gasteiger partial charge in [0.05, 0.1) is 40.3 Å². The van der Waals surface area contributed by atoms with Gasteiger partial charge in [-0.15, -0.1) is 0 Å². The number of allylic oxidation sites excluding steroid dienone is 4. The number of rotatable bonds is 44. The summed E-state index contributed by atoms with van der Waals surface area (Å²) in [6.07, 6.45) is 46.2. The molecule has 0 amide bonds. The highest BCUT2D eigenvalue weighted by molar-refractivity contribution is 5.70. The van der Waals surface area contributed by atoms with Gasteiger partial charge in [0, 0.05) is 19.3 Å². The summed E-state index contributed by atoms with van der Waals surface area (Å²) in [5, 5.41) is 11.6. The molecule has 340 valence electrons. The molecule has 0 fully saturated rings. The quantitative estimate of drug-likeness (QED) is 0.0261. The van der Waals surface area contributed by atoms with Crippen molar-refractivity contribution in [2.24, 2.45) is 0 Å². The highest BCUT2D eigenvalue weighted by atomic mass is 16.6. The number of esters is 2. The van der Waals surface area contributed by atoms with Crippen LogP contribution >= 0.6 is 0 Å². The second-order valence-electron chi connectivity index (χ2n) is 17.7. The summed E-state index contributed by atoms with van der Waals surface area (Å²) in [6.45, 7) is 4.66. The molecule has 0 rings (SSSR count). The lowest BCUT2D eigenvalue weighted by Crippen LogP contribution is -2.55. The third-order valence-corrected chi connectivity index (χ3v) is 11.1. The molecule has 0 N–H and O–H groups in total. The van der Waals surface area contributed by atoms with Crippen LogP contribution in [0.25, 0.3) is 0 Å². The number of aliphatic carboxylic acids is 1. The molecule has 0 saturated carbocycles. The number of carboxylic acids is 1. The van der Waals surface area contributed by atoms with Crippen molar-refractivity contribution in [2.45, 2.75) is 238 Å². The molecule has 0 aliphatic rings. The van der Waals surface area contributed by atoms with E-state index in [0.29, 0.717) is 12.8 Å². The molecule has 0 radical (unpaired) electrons. The fourth-order valence-corrected chi connectivity index (χ4v) is 7.28. The number of carbonyl (C=O) groups is 3. The topological polar surface area (TPSA) is 102 Å². The van der Waals surface area contributed by atoms with E-state index in [9.17, 15) is 19.5 Å². The molecular weight excluding hydrogens is 727 g/mol. The Bertz CT molecular complexity index is 1000. The Labute approximate surface area is 358 Å². The van der Waals surface area contributed by atoms with E-state index in [1.54, 1.807) is 21.1 Å². The first-order valence-electron chi connectivity index (χ1n) is 24.4. The van der Waals surface area contributed by atoms with E-state index in [-0.39, 0.29) is 42.7 Å². The van der Waals surface area contributed by atoms with Gasteiger partial charge in [-0.25, -0.2) is 0 Å². The minimum absolute atomic E-state index is 0.0417. The van der Waals surface area contributed by atoms with Crippen LogP contribution in [0.15, 0.2) is 24.3 Å². The first-order valence-corrected chi connectivity index (χ1v) is 24.4. The molecule has 0 saturated heterocycles. The van der Waals surface area contributed by atoms with Gasteiger partial charge in [-0.1, -0.05) is 186 Å². The molecular formula is C50H93NO7. The third-order valence-electron chi connectivity index (χ3n) is 11.1. The molecule has 0 aromatic rings.